The number of hydrogen-bond acceptors (Lipinski definition) is 0. The van der Waals surface area contributed by atoms with Gasteiger partial charge in [-0.1, -0.05) is 82.0 Å². The van der Waals surface area contributed by atoms with Crippen molar-refractivity contribution in [1.82, 2.24) is 0 Å². The van der Waals surface area contributed by atoms with E-state index < -0.39 is 0 Å². The molecule has 0 amide bonds. The van der Waals surface area contributed by atoms with Crippen LogP contribution in [0.5, 0.6) is 0 Å². The molecule has 0 aromatic carbocycles. The molecule has 0 saturated heterocycles. The van der Waals surface area contributed by atoms with Crippen LogP contribution in [0.3, 0.4) is 0 Å². The average Bonchev–Trinajstić information content (AvgIpc) is 2.47. The van der Waals surface area contributed by atoms with E-state index >= 15 is 0 Å². The van der Waals surface area contributed by atoms with Gasteiger partial charge in [0, 0.05) is 0 Å². The Hall–Kier alpha value is -1.56. The second kappa shape index (κ2) is 12.5. The molecule has 0 rings (SSSR count). The van der Waals surface area contributed by atoms with Crippen LogP contribution in [0.25, 0.3) is 0 Å². The minimum Gasteiger partial charge on any atom is -0.0990 e. The first-order valence-corrected chi connectivity index (χ1v) is 7.67. The van der Waals surface area contributed by atoms with Crippen molar-refractivity contribution in [1.29, 1.82) is 0 Å². The molecule has 0 fully saturated rings. The van der Waals surface area contributed by atoms with Gasteiger partial charge in [-0.25, -0.2) is 0 Å². The van der Waals surface area contributed by atoms with Crippen molar-refractivity contribution in [3.05, 3.63) is 72.9 Å². The summed E-state index contributed by atoms with van der Waals surface area (Å²) in [5.41, 5.74) is 2.56. The number of rotatable bonds is 10. The zero-order valence-electron chi connectivity index (χ0n) is 13.4. The molecule has 0 N–H and O–H groups in total. The van der Waals surface area contributed by atoms with E-state index in [4.69, 9.17) is 0 Å². The first kappa shape index (κ1) is 18.4. The van der Waals surface area contributed by atoms with Crippen molar-refractivity contribution in [3.63, 3.8) is 0 Å². The van der Waals surface area contributed by atoms with Gasteiger partial charge in [0.2, 0.25) is 0 Å². The smallest absolute Gasteiger partial charge is 0.0163 e. The molecular weight excluding hydrogens is 240 g/mol. The molecule has 1 unspecified atom stereocenters. The number of allylic oxidation sites excluding steroid dienone is 10. The second-order valence-corrected chi connectivity index (χ2v) is 4.83. The molecule has 1 atom stereocenters. The Morgan fingerprint density at radius 3 is 2.30 bits per heavy atom. The molecule has 0 aromatic heterocycles. The van der Waals surface area contributed by atoms with Crippen molar-refractivity contribution < 1.29 is 0 Å². The van der Waals surface area contributed by atoms with Crippen molar-refractivity contribution in [2.75, 3.05) is 0 Å². The van der Waals surface area contributed by atoms with Crippen LogP contribution < -0.4 is 0 Å². The highest BCUT2D eigenvalue weighted by atomic mass is 14.1. The predicted octanol–water partition coefficient (Wildman–Crippen LogP) is 6.56. The largest absolute Gasteiger partial charge is 0.0990 e. The van der Waals surface area contributed by atoms with Crippen LogP contribution >= 0.6 is 0 Å². The monoisotopic (exact) mass is 270 g/mol. The average molecular weight is 270 g/mol. The second-order valence-electron chi connectivity index (χ2n) is 4.83. The zero-order valence-corrected chi connectivity index (χ0v) is 13.4. The van der Waals surface area contributed by atoms with E-state index in [1.165, 1.54) is 24.8 Å². The van der Waals surface area contributed by atoms with Gasteiger partial charge in [0.05, 0.1) is 0 Å². The molecule has 0 saturated carbocycles. The lowest BCUT2D eigenvalue weighted by atomic mass is 9.91. The standard InChI is InChI=1S/C20H30/c1-6-14-18(8-3)16-12-11-13-17-20(10-5)19(9-4)15-7-2/h6,8,10,12-14,16-17,19H,1,3,7,9,11,15H2,2,4-5H3/b16-12+,17-13-,18-14+,20-10+. The molecule has 0 radical (unpaired) electrons. The Morgan fingerprint density at radius 1 is 1.10 bits per heavy atom. The minimum absolute atomic E-state index is 0.703. The maximum absolute atomic E-state index is 3.78. The Kier molecular flexibility index (Phi) is 11.5. The molecule has 0 heteroatoms. The Labute approximate surface area is 126 Å². The van der Waals surface area contributed by atoms with Gasteiger partial charge in [-0.05, 0) is 43.3 Å². The lowest BCUT2D eigenvalue weighted by molar-refractivity contribution is 0.543. The molecule has 0 bridgehead atoms. The molecule has 0 nitrogen and oxygen atoms in total. The van der Waals surface area contributed by atoms with Crippen LogP contribution in [0.15, 0.2) is 72.9 Å². The fraction of sp³-hybridized carbons (Fsp3) is 0.400. The van der Waals surface area contributed by atoms with Gasteiger partial charge in [-0.3, -0.25) is 0 Å². The molecule has 110 valence electrons. The van der Waals surface area contributed by atoms with Gasteiger partial charge < -0.3 is 0 Å². The summed E-state index contributed by atoms with van der Waals surface area (Å²) in [7, 11) is 0. The van der Waals surface area contributed by atoms with Gasteiger partial charge in [-0.15, -0.1) is 0 Å². The first-order chi connectivity index (χ1) is 9.73. The summed E-state index contributed by atoms with van der Waals surface area (Å²) in [6, 6.07) is 0. The first-order valence-electron chi connectivity index (χ1n) is 7.67. The molecule has 0 aromatic rings. The van der Waals surface area contributed by atoms with Crippen LogP contribution in [-0.2, 0) is 0 Å². The van der Waals surface area contributed by atoms with Crippen molar-refractivity contribution >= 4 is 0 Å². The van der Waals surface area contributed by atoms with E-state index in [1.54, 1.807) is 6.08 Å². The van der Waals surface area contributed by atoms with Crippen LogP contribution in [0.2, 0.25) is 0 Å². The third kappa shape index (κ3) is 7.78. The lowest BCUT2D eigenvalue weighted by Gasteiger charge is -2.14. The summed E-state index contributed by atoms with van der Waals surface area (Å²) in [6.07, 6.45) is 21.3. The molecule has 0 spiro atoms. The predicted molar refractivity (Wildman–Crippen MR) is 93.8 cm³/mol. The molecule has 0 aliphatic rings. The maximum atomic E-state index is 3.78. The Balaban J connectivity index is 4.48. The summed E-state index contributed by atoms with van der Waals surface area (Å²) in [6.45, 7) is 14.1. The fourth-order valence-electron chi connectivity index (χ4n) is 2.24. The quantitative estimate of drug-likeness (QED) is 0.394. The van der Waals surface area contributed by atoms with Crippen molar-refractivity contribution in [2.45, 2.75) is 46.5 Å². The molecule has 0 aliphatic carbocycles. The van der Waals surface area contributed by atoms with Gasteiger partial charge in [0.15, 0.2) is 0 Å². The van der Waals surface area contributed by atoms with Crippen molar-refractivity contribution in [2.24, 2.45) is 5.92 Å². The summed E-state index contributed by atoms with van der Waals surface area (Å²) >= 11 is 0. The van der Waals surface area contributed by atoms with E-state index in [0.717, 1.165) is 12.0 Å². The minimum atomic E-state index is 0.703. The maximum Gasteiger partial charge on any atom is -0.0163 e. The van der Waals surface area contributed by atoms with Crippen LogP contribution in [0.4, 0.5) is 0 Å². The highest BCUT2D eigenvalue weighted by Gasteiger charge is 2.07. The van der Waals surface area contributed by atoms with E-state index in [2.05, 4.69) is 64.3 Å². The Bertz CT molecular complexity index is 388. The SMILES string of the molecule is C=C/C=C(C=C)/C=C/C/C=C\C(=C/C)C(CC)CCC. The zero-order chi connectivity index (χ0) is 15.2. The third-order valence-electron chi connectivity index (χ3n) is 3.37. The summed E-state index contributed by atoms with van der Waals surface area (Å²) in [5.74, 6) is 0.703. The summed E-state index contributed by atoms with van der Waals surface area (Å²) in [5, 5.41) is 0. The van der Waals surface area contributed by atoms with E-state index in [-0.39, 0.29) is 0 Å². The number of hydrogen-bond donors (Lipinski definition) is 0. The Morgan fingerprint density at radius 2 is 1.80 bits per heavy atom. The topological polar surface area (TPSA) is 0 Å². The normalized spacial score (nSPS) is 14.9. The molecule has 0 aliphatic heterocycles. The van der Waals surface area contributed by atoms with E-state index in [0.29, 0.717) is 5.92 Å². The van der Waals surface area contributed by atoms with Gasteiger partial charge in [0.1, 0.15) is 0 Å². The van der Waals surface area contributed by atoms with Crippen molar-refractivity contribution in [3.8, 4) is 0 Å². The lowest BCUT2D eigenvalue weighted by Crippen LogP contribution is -2.00. The van der Waals surface area contributed by atoms with Gasteiger partial charge in [-0.2, -0.15) is 0 Å². The van der Waals surface area contributed by atoms with Crippen LogP contribution in [-0.4, -0.2) is 0 Å². The highest BCUT2D eigenvalue weighted by molar-refractivity contribution is 5.32. The van der Waals surface area contributed by atoms with E-state index in [9.17, 15) is 0 Å². The van der Waals surface area contributed by atoms with E-state index in [1.807, 2.05) is 12.2 Å². The summed E-state index contributed by atoms with van der Waals surface area (Å²) in [4.78, 5) is 0. The van der Waals surface area contributed by atoms with Gasteiger partial charge >= 0.3 is 0 Å². The molecular formula is C20H30. The van der Waals surface area contributed by atoms with Gasteiger partial charge in [0.25, 0.3) is 0 Å². The highest BCUT2D eigenvalue weighted by Crippen LogP contribution is 2.22. The fourth-order valence-corrected chi connectivity index (χ4v) is 2.24. The third-order valence-corrected chi connectivity index (χ3v) is 3.37. The van der Waals surface area contributed by atoms with Crippen LogP contribution in [0, 0.1) is 5.92 Å². The summed E-state index contributed by atoms with van der Waals surface area (Å²) < 4.78 is 0. The van der Waals surface area contributed by atoms with Crippen LogP contribution in [0.1, 0.15) is 46.5 Å². The molecule has 0 heterocycles. The molecule has 20 heavy (non-hydrogen) atoms.